The van der Waals surface area contributed by atoms with Crippen LogP contribution in [0.5, 0.6) is 0 Å². The van der Waals surface area contributed by atoms with Crippen molar-refractivity contribution in [2.75, 3.05) is 13.2 Å². The first-order valence-corrected chi connectivity index (χ1v) is 5.88. The molecule has 2 aliphatic rings. The lowest BCUT2D eigenvalue weighted by Gasteiger charge is -2.34. The molecule has 0 aromatic rings. The Balaban J connectivity index is 1.79. The average Bonchev–Trinajstić information content (AvgIpc) is 2.87. The zero-order chi connectivity index (χ0) is 10.8. The highest BCUT2D eigenvalue weighted by Crippen LogP contribution is 2.45. The second kappa shape index (κ2) is 4.40. The molecule has 0 bridgehead atoms. The van der Waals surface area contributed by atoms with Crippen LogP contribution in [0, 0.1) is 17.8 Å². The summed E-state index contributed by atoms with van der Waals surface area (Å²) in [6.07, 6.45) is 7.79. The minimum Gasteiger partial charge on any atom is -0.377 e. The summed E-state index contributed by atoms with van der Waals surface area (Å²) < 4.78 is 5.18. The Morgan fingerprint density at radius 1 is 1.40 bits per heavy atom. The SMILES string of the molecule is C=CN(/C=C/C1CC1C(C)C)C1COC1. The highest BCUT2D eigenvalue weighted by molar-refractivity contribution is 5.05. The number of nitrogens with zero attached hydrogens (tertiary/aromatic N) is 1. The van der Waals surface area contributed by atoms with Crippen LogP contribution in [-0.2, 0) is 4.74 Å². The van der Waals surface area contributed by atoms with Crippen LogP contribution in [0.15, 0.2) is 25.1 Å². The van der Waals surface area contributed by atoms with Gasteiger partial charge in [0.15, 0.2) is 0 Å². The number of allylic oxidation sites excluding steroid dienone is 1. The van der Waals surface area contributed by atoms with Crippen molar-refractivity contribution in [3.05, 3.63) is 25.1 Å². The molecule has 2 nitrogen and oxygen atoms in total. The van der Waals surface area contributed by atoms with E-state index in [4.69, 9.17) is 4.74 Å². The molecule has 0 radical (unpaired) electrons. The van der Waals surface area contributed by atoms with Crippen molar-refractivity contribution < 1.29 is 4.74 Å². The third-order valence-corrected chi connectivity index (χ3v) is 3.51. The molecule has 1 aliphatic carbocycles. The van der Waals surface area contributed by atoms with Gasteiger partial charge in [0.05, 0.1) is 19.3 Å². The summed E-state index contributed by atoms with van der Waals surface area (Å²) in [5.74, 6) is 2.53. The van der Waals surface area contributed by atoms with Gasteiger partial charge in [-0.2, -0.15) is 0 Å². The highest BCUT2D eigenvalue weighted by atomic mass is 16.5. The molecule has 0 amide bonds. The third kappa shape index (κ3) is 2.43. The second-order valence-electron chi connectivity index (χ2n) is 4.97. The van der Waals surface area contributed by atoms with Crippen molar-refractivity contribution in [3.8, 4) is 0 Å². The lowest BCUT2D eigenvalue weighted by atomic mass is 10.1. The zero-order valence-corrected chi connectivity index (χ0v) is 9.73. The van der Waals surface area contributed by atoms with E-state index >= 15 is 0 Å². The van der Waals surface area contributed by atoms with Crippen LogP contribution in [-0.4, -0.2) is 24.2 Å². The molecule has 2 atom stereocenters. The summed E-state index contributed by atoms with van der Waals surface area (Å²) in [6, 6.07) is 0.523. The number of hydrogen-bond donors (Lipinski definition) is 0. The van der Waals surface area contributed by atoms with Crippen molar-refractivity contribution in [2.45, 2.75) is 26.3 Å². The van der Waals surface area contributed by atoms with Gasteiger partial charge in [0.1, 0.15) is 0 Å². The molecule has 1 saturated heterocycles. The Hall–Kier alpha value is -0.760. The van der Waals surface area contributed by atoms with Gasteiger partial charge in [0.2, 0.25) is 0 Å². The molecule has 1 heterocycles. The van der Waals surface area contributed by atoms with Gasteiger partial charge in [0, 0.05) is 6.20 Å². The van der Waals surface area contributed by atoms with E-state index in [0.717, 1.165) is 31.0 Å². The zero-order valence-electron chi connectivity index (χ0n) is 9.73. The van der Waals surface area contributed by atoms with Crippen LogP contribution in [0.25, 0.3) is 0 Å². The van der Waals surface area contributed by atoms with E-state index in [1.807, 2.05) is 6.20 Å². The van der Waals surface area contributed by atoms with Gasteiger partial charge in [-0.25, -0.2) is 0 Å². The van der Waals surface area contributed by atoms with Crippen LogP contribution < -0.4 is 0 Å². The molecular weight excluding hydrogens is 186 g/mol. The molecular formula is C13H21NO. The van der Waals surface area contributed by atoms with Crippen LogP contribution in [0.3, 0.4) is 0 Å². The largest absolute Gasteiger partial charge is 0.377 e. The van der Waals surface area contributed by atoms with E-state index in [1.165, 1.54) is 6.42 Å². The van der Waals surface area contributed by atoms with Gasteiger partial charge in [0.25, 0.3) is 0 Å². The fourth-order valence-corrected chi connectivity index (χ4v) is 2.16. The molecule has 2 unspecified atom stereocenters. The first-order valence-electron chi connectivity index (χ1n) is 5.88. The second-order valence-corrected chi connectivity index (χ2v) is 4.97. The lowest BCUT2D eigenvalue weighted by Crippen LogP contribution is -2.43. The van der Waals surface area contributed by atoms with E-state index in [9.17, 15) is 0 Å². The van der Waals surface area contributed by atoms with E-state index in [1.54, 1.807) is 0 Å². The quantitative estimate of drug-likeness (QED) is 0.687. The third-order valence-electron chi connectivity index (χ3n) is 3.51. The molecule has 1 saturated carbocycles. The predicted molar refractivity (Wildman–Crippen MR) is 62.2 cm³/mol. The van der Waals surface area contributed by atoms with Gasteiger partial charge in [-0.3, -0.25) is 0 Å². The van der Waals surface area contributed by atoms with Crippen molar-refractivity contribution >= 4 is 0 Å². The average molecular weight is 207 g/mol. The van der Waals surface area contributed by atoms with Crippen molar-refractivity contribution in [1.29, 1.82) is 0 Å². The maximum absolute atomic E-state index is 5.18. The monoisotopic (exact) mass is 207 g/mol. The fourth-order valence-electron chi connectivity index (χ4n) is 2.16. The standard InChI is InChI=1S/C13H21NO/c1-4-14(12-8-15-9-12)6-5-11-7-13(11)10(2)3/h4-6,10-13H,1,7-9H2,2-3H3/b6-5+. The summed E-state index contributed by atoms with van der Waals surface area (Å²) in [5.41, 5.74) is 0. The van der Waals surface area contributed by atoms with Gasteiger partial charge in [-0.05, 0) is 30.4 Å². The molecule has 0 aromatic heterocycles. The first kappa shape index (κ1) is 10.7. The Labute approximate surface area is 92.6 Å². The Morgan fingerprint density at radius 2 is 2.13 bits per heavy atom. The van der Waals surface area contributed by atoms with Gasteiger partial charge in [-0.1, -0.05) is 26.5 Å². The topological polar surface area (TPSA) is 12.5 Å². The molecule has 1 aliphatic heterocycles. The predicted octanol–water partition coefficient (Wildman–Crippen LogP) is 2.64. The van der Waals surface area contributed by atoms with Crippen LogP contribution in [0.2, 0.25) is 0 Å². The molecule has 0 N–H and O–H groups in total. The molecule has 2 fully saturated rings. The summed E-state index contributed by atoms with van der Waals surface area (Å²) in [4.78, 5) is 2.18. The summed E-state index contributed by atoms with van der Waals surface area (Å²) >= 11 is 0. The van der Waals surface area contributed by atoms with E-state index in [0.29, 0.717) is 6.04 Å². The maximum atomic E-state index is 5.18. The first-order chi connectivity index (χ1) is 7.22. The lowest BCUT2D eigenvalue weighted by molar-refractivity contribution is -0.0352. The maximum Gasteiger partial charge on any atom is 0.0797 e. The molecule has 0 aromatic carbocycles. The van der Waals surface area contributed by atoms with Crippen LogP contribution >= 0.6 is 0 Å². The summed E-state index contributed by atoms with van der Waals surface area (Å²) in [7, 11) is 0. The summed E-state index contributed by atoms with van der Waals surface area (Å²) in [5, 5.41) is 0. The Bertz CT molecular complexity index is 255. The normalized spacial score (nSPS) is 30.6. The molecule has 84 valence electrons. The van der Waals surface area contributed by atoms with Crippen LogP contribution in [0.4, 0.5) is 0 Å². The fraction of sp³-hybridized carbons (Fsp3) is 0.692. The van der Waals surface area contributed by atoms with Gasteiger partial charge < -0.3 is 9.64 Å². The molecule has 15 heavy (non-hydrogen) atoms. The van der Waals surface area contributed by atoms with Crippen molar-refractivity contribution in [3.63, 3.8) is 0 Å². The summed E-state index contributed by atoms with van der Waals surface area (Å²) in [6.45, 7) is 10.1. The smallest absolute Gasteiger partial charge is 0.0797 e. The van der Waals surface area contributed by atoms with E-state index in [2.05, 4.69) is 37.6 Å². The molecule has 2 heteroatoms. The number of hydrogen-bond acceptors (Lipinski definition) is 2. The highest BCUT2D eigenvalue weighted by Gasteiger charge is 2.37. The van der Waals surface area contributed by atoms with Crippen molar-refractivity contribution in [1.82, 2.24) is 4.90 Å². The Morgan fingerprint density at radius 3 is 2.53 bits per heavy atom. The Kier molecular flexibility index (Phi) is 3.15. The number of ether oxygens (including phenoxy) is 1. The minimum atomic E-state index is 0.523. The van der Waals surface area contributed by atoms with Gasteiger partial charge >= 0.3 is 0 Å². The minimum absolute atomic E-state index is 0.523. The van der Waals surface area contributed by atoms with Gasteiger partial charge in [-0.15, -0.1) is 0 Å². The molecule has 2 rings (SSSR count). The molecule has 0 spiro atoms. The van der Waals surface area contributed by atoms with E-state index < -0.39 is 0 Å². The van der Waals surface area contributed by atoms with E-state index in [-0.39, 0.29) is 0 Å². The number of rotatable bonds is 5. The van der Waals surface area contributed by atoms with Crippen molar-refractivity contribution in [2.24, 2.45) is 17.8 Å². The van der Waals surface area contributed by atoms with Crippen LogP contribution in [0.1, 0.15) is 20.3 Å².